The average molecular weight is 188 g/mol. The lowest BCUT2D eigenvalue weighted by Crippen LogP contribution is -2.40. The van der Waals surface area contributed by atoms with E-state index in [2.05, 4.69) is 0 Å². The molecule has 0 spiro atoms. The van der Waals surface area contributed by atoms with Crippen molar-refractivity contribution in [1.82, 2.24) is 0 Å². The number of thioether (sulfide) groups is 1. The molecular formula is C8H12O3S. The summed E-state index contributed by atoms with van der Waals surface area (Å²) in [7, 11) is 0. The Morgan fingerprint density at radius 3 is 2.83 bits per heavy atom. The molecule has 3 nitrogen and oxygen atoms in total. The summed E-state index contributed by atoms with van der Waals surface area (Å²) in [6.07, 6.45) is 0.454. The van der Waals surface area contributed by atoms with Crippen molar-refractivity contribution in [1.29, 1.82) is 0 Å². The summed E-state index contributed by atoms with van der Waals surface area (Å²) in [6, 6.07) is 0. The summed E-state index contributed by atoms with van der Waals surface area (Å²) in [5, 5.41) is 0.525. The topological polar surface area (TPSA) is 27.7 Å². The minimum Gasteiger partial charge on any atom is -0.344 e. The van der Waals surface area contributed by atoms with Crippen LogP contribution in [-0.4, -0.2) is 35.3 Å². The zero-order chi connectivity index (χ0) is 8.34. The fraction of sp³-hybridized carbons (Fsp3) is 1.00. The van der Waals surface area contributed by atoms with Crippen LogP contribution in [0, 0.1) is 0 Å². The van der Waals surface area contributed by atoms with Gasteiger partial charge in [-0.05, 0) is 13.8 Å². The second-order valence-corrected chi connectivity index (χ2v) is 5.15. The maximum absolute atomic E-state index is 5.74. The van der Waals surface area contributed by atoms with Crippen LogP contribution in [0.25, 0.3) is 0 Å². The molecule has 0 bridgehead atoms. The highest BCUT2D eigenvalue weighted by atomic mass is 32.2. The molecule has 3 rings (SSSR count). The molecule has 0 aliphatic carbocycles. The highest BCUT2D eigenvalue weighted by Crippen LogP contribution is 2.48. The van der Waals surface area contributed by atoms with Gasteiger partial charge in [0.05, 0.1) is 11.4 Å². The van der Waals surface area contributed by atoms with Crippen molar-refractivity contribution in [2.45, 2.75) is 43.4 Å². The van der Waals surface area contributed by atoms with Crippen molar-refractivity contribution in [3.05, 3.63) is 0 Å². The molecule has 68 valence electrons. The van der Waals surface area contributed by atoms with Crippen LogP contribution >= 0.6 is 11.8 Å². The molecule has 3 saturated heterocycles. The average Bonchev–Trinajstić information content (AvgIpc) is 2.26. The van der Waals surface area contributed by atoms with Gasteiger partial charge in [0.25, 0.3) is 0 Å². The highest BCUT2D eigenvalue weighted by molar-refractivity contribution is 8.01. The Kier molecular flexibility index (Phi) is 1.38. The van der Waals surface area contributed by atoms with Crippen LogP contribution in [0.2, 0.25) is 0 Å². The van der Waals surface area contributed by atoms with Crippen LogP contribution in [-0.2, 0) is 14.2 Å². The lowest BCUT2D eigenvalue weighted by molar-refractivity contribution is -0.202. The Hall–Kier alpha value is 0.230. The van der Waals surface area contributed by atoms with E-state index in [0.29, 0.717) is 11.4 Å². The van der Waals surface area contributed by atoms with Crippen LogP contribution in [0.3, 0.4) is 0 Å². The molecule has 0 aromatic rings. The van der Waals surface area contributed by atoms with Crippen molar-refractivity contribution in [3.8, 4) is 0 Å². The second kappa shape index (κ2) is 2.18. The van der Waals surface area contributed by atoms with Crippen LogP contribution in [0.1, 0.15) is 13.8 Å². The molecule has 12 heavy (non-hydrogen) atoms. The summed E-state index contributed by atoms with van der Waals surface area (Å²) in [6.45, 7) is 3.88. The standard InChI is InChI=1S/C8H12O3S/c1-8(2)10-5-6-4(3-12-6)9-7(5)11-8/h4-7H,3H2,1-2H3/t4-,5-,6+,7-/m1/s1. The van der Waals surface area contributed by atoms with Gasteiger partial charge in [-0.3, -0.25) is 0 Å². The summed E-state index contributed by atoms with van der Waals surface area (Å²) in [5.74, 6) is 0.654. The van der Waals surface area contributed by atoms with Crippen molar-refractivity contribution >= 4 is 11.8 Å². The first-order valence-electron chi connectivity index (χ1n) is 4.28. The van der Waals surface area contributed by atoms with Crippen LogP contribution in [0.15, 0.2) is 0 Å². The van der Waals surface area contributed by atoms with Crippen molar-refractivity contribution in [2.24, 2.45) is 0 Å². The Morgan fingerprint density at radius 1 is 1.33 bits per heavy atom. The molecule has 3 heterocycles. The maximum Gasteiger partial charge on any atom is 0.188 e. The Bertz CT molecular complexity index is 218. The molecule has 0 amide bonds. The molecule has 0 aromatic carbocycles. The van der Waals surface area contributed by atoms with Gasteiger partial charge in [-0.1, -0.05) is 0 Å². The fourth-order valence-corrected chi connectivity index (χ4v) is 3.05. The Labute approximate surface area is 75.7 Å². The van der Waals surface area contributed by atoms with E-state index in [0.717, 1.165) is 5.75 Å². The number of fused-ring (bicyclic) bond motifs is 3. The van der Waals surface area contributed by atoms with Gasteiger partial charge in [0, 0.05) is 5.75 Å². The molecule has 0 radical (unpaired) electrons. The number of rotatable bonds is 0. The summed E-state index contributed by atoms with van der Waals surface area (Å²) in [4.78, 5) is 0. The summed E-state index contributed by atoms with van der Waals surface area (Å²) in [5.41, 5.74) is 0. The highest BCUT2D eigenvalue weighted by Gasteiger charge is 2.58. The normalized spacial score (nSPS) is 54.5. The molecule has 0 unspecified atom stereocenters. The first-order valence-corrected chi connectivity index (χ1v) is 5.33. The van der Waals surface area contributed by atoms with E-state index < -0.39 is 5.79 Å². The zero-order valence-corrected chi connectivity index (χ0v) is 7.97. The quantitative estimate of drug-likeness (QED) is 0.566. The van der Waals surface area contributed by atoms with Crippen LogP contribution < -0.4 is 0 Å². The number of ether oxygens (including phenoxy) is 3. The molecule has 0 N–H and O–H groups in total. The third-order valence-electron chi connectivity index (χ3n) is 2.54. The van der Waals surface area contributed by atoms with Gasteiger partial charge in [-0.2, -0.15) is 11.8 Å². The lowest BCUT2D eigenvalue weighted by atomic mass is 10.2. The van der Waals surface area contributed by atoms with E-state index in [9.17, 15) is 0 Å². The zero-order valence-electron chi connectivity index (χ0n) is 7.15. The Morgan fingerprint density at radius 2 is 2.17 bits per heavy atom. The molecule has 3 aliphatic rings. The Balaban J connectivity index is 1.81. The van der Waals surface area contributed by atoms with E-state index in [1.807, 2.05) is 25.6 Å². The minimum atomic E-state index is -0.448. The minimum absolute atomic E-state index is 0.106. The van der Waals surface area contributed by atoms with E-state index in [1.165, 1.54) is 0 Å². The van der Waals surface area contributed by atoms with Crippen molar-refractivity contribution < 1.29 is 14.2 Å². The maximum atomic E-state index is 5.74. The van der Waals surface area contributed by atoms with Crippen molar-refractivity contribution in [3.63, 3.8) is 0 Å². The van der Waals surface area contributed by atoms with Gasteiger partial charge in [-0.15, -0.1) is 0 Å². The second-order valence-electron chi connectivity index (χ2n) is 3.94. The largest absolute Gasteiger partial charge is 0.344 e. The first kappa shape index (κ1) is 7.62. The third kappa shape index (κ3) is 0.894. The smallest absolute Gasteiger partial charge is 0.188 e. The summed E-state index contributed by atoms with van der Waals surface area (Å²) < 4.78 is 17.0. The van der Waals surface area contributed by atoms with E-state index in [-0.39, 0.29) is 12.4 Å². The number of hydrogen-bond acceptors (Lipinski definition) is 4. The van der Waals surface area contributed by atoms with E-state index in [4.69, 9.17) is 14.2 Å². The van der Waals surface area contributed by atoms with Gasteiger partial charge >= 0.3 is 0 Å². The fourth-order valence-electron chi connectivity index (χ4n) is 1.97. The van der Waals surface area contributed by atoms with Gasteiger partial charge < -0.3 is 14.2 Å². The van der Waals surface area contributed by atoms with Gasteiger partial charge in [-0.25, -0.2) is 0 Å². The van der Waals surface area contributed by atoms with Crippen LogP contribution in [0.5, 0.6) is 0 Å². The monoisotopic (exact) mass is 188 g/mol. The van der Waals surface area contributed by atoms with Crippen LogP contribution in [0.4, 0.5) is 0 Å². The van der Waals surface area contributed by atoms with Crippen molar-refractivity contribution in [2.75, 3.05) is 5.75 Å². The SMILES string of the molecule is CC1(C)O[C@H]2O[C@@H]3CS[C@@H]3[C@H]2O1. The molecule has 0 saturated carbocycles. The first-order chi connectivity index (χ1) is 5.66. The lowest BCUT2D eigenvalue weighted by Gasteiger charge is -2.32. The molecule has 3 aliphatic heterocycles. The van der Waals surface area contributed by atoms with Gasteiger partial charge in [0.2, 0.25) is 0 Å². The predicted molar refractivity (Wildman–Crippen MR) is 44.9 cm³/mol. The van der Waals surface area contributed by atoms with E-state index in [1.54, 1.807) is 0 Å². The number of hydrogen-bond donors (Lipinski definition) is 0. The molecule has 4 atom stereocenters. The van der Waals surface area contributed by atoms with E-state index >= 15 is 0 Å². The molecule has 4 heteroatoms. The molecule has 3 fully saturated rings. The summed E-state index contributed by atoms with van der Waals surface area (Å²) >= 11 is 1.92. The molecule has 0 aromatic heterocycles. The third-order valence-corrected chi connectivity index (χ3v) is 4.02. The predicted octanol–water partition coefficient (Wildman–Crippen LogP) is 0.978. The molecular weight excluding hydrogens is 176 g/mol. The van der Waals surface area contributed by atoms with Gasteiger partial charge in [0.15, 0.2) is 12.1 Å². The van der Waals surface area contributed by atoms with Gasteiger partial charge in [0.1, 0.15) is 6.10 Å².